The molecule has 0 bridgehead atoms. The maximum atomic E-state index is 13.8. The van der Waals surface area contributed by atoms with Crippen molar-refractivity contribution >= 4 is 5.69 Å². The van der Waals surface area contributed by atoms with E-state index in [4.69, 9.17) is 5.26 Å². The molecular formula is C18H25FN2. The van der Waals surface area contributed by atoms with Gasteiger partial charge in [-0.2, -0.15) is 5.26 Å². The molecule has 1 aromatic carbocycles. The van der Waals surface area contributed by atoms with Crippen molar-refractivity contribution in [1.29, 1.82) is 5.26 Å². The highest BCUT2D eigenvalue weighted by Gasteiger charge is 2.21. The van der Waals surface area contributed by atoms with Crippen LogP contribution in [0.3, 0.4) is 0 Å². The summed E-state index contributed by atoms with van der Waals surface area (Å²) in [5.41, 5.74) is 1.77. The molecule has 21 heavy (non-hydrogen) atoms. The molecule has 1 saturated carbocycles. The topological polar surface area (TPSA) is 35.8 Å². The van der Waals surface area contributed by atoms with E-state index in [2.05, 4.69) is 19.2 Å². The molecule has 1 aromatic rings. The molecule has 0 radical (unpaired) electrons. The first-order valence-corrected chi connectivity index (χ1v) is 7.98. The number of nitriles is 1. The van der Waals surface area contributed by atoms with Gasteiger partial charge >= 0.3 is 0 Å². The Hall–Kier alpha value is -1.56. The molecule has 2 rings (SSSR count). The molecule has 0 saturated heterocycles. The predicted molar refractivity (Wildman–Crippen MR) is 84.7 cm³/mol. The zero-order valence-corrected chi connectivity index (χ0v) is 13.2. The van der Waals surface area contributed by atoms with Gasteiger partial charge < -0.3 is 5.32 Å². The molecule has 0 spiro atoms. The summed E-state index contributed by atoms with van der Waals surface area (Å²) in [6, 6.07) is 5.49. The number of rotatable bonds is 3. The van der Waals surface area contributed by atoms with Crippen molar-refractivity contribution in [3.63, 3.8) is 0 Å². The highest BCUT2D eigenvalue weighted by atomic mass is 19.1. The third kappa shape index (κ3) is 3.97. The third-order valence-corrected chi connectivity index (χ3v) is 4.79. The Bertz CT molecular complexity index is 531. The molecule has 0 aromatic heterocycles. The number of halogens is 1. The second-order valence-corrected chi connectivity index (χ2v) is 6.60. The molecule has 1 N–H and O–H groups in total. The van der Waals surface area contributed by atoms with Crippen LogP contribution in [0.1, 0.15) is 57.1 Å². The first kappa shape index (κ1) is 15.8. The van der Waals surface area contributed by atoms with E-state index >= 15 is 0 Å². The number of benzene rings is 1. The Labute approximate surface area is 127 Å². The highest BCUT2D eigenvalue weighted by molar-refractivity contribution is 5.56. The Morgan fingerprint density at radius 2 is 2.00 bits per heavy atom. The summed E-state index contributed by atoms with van der Waals surface area (Å²) in [4.78, 5) is 0. The second kappa shape index (κ2) is 6.93. The maximum Gasteiger partial charge on any atom is 0.129 e. The van der Waals surface area contributed by atoms with E-state index in [1.807, 2.05) is 6.07 Å². The molecule has 0 heterocycles. The van der Waals surface area contributed by atoms with Gasteiger partial charge in [-0.05, 0) is 50.2 Å². The number of nitrogens with one attached hydrogen (secondary N) is 1. The van der Waals surface area contributed by atoms with Crippen LogP contribution < -0.4 is 5.32 Å². The van der Waals surface area contributed by atoms with E-state index in [-0.39, 0.29) is 5.82 Å². The molecular weight excluding hydrogens is 263 g/mol. The molecule has 2 nitrogen and oxygen atoms in total. The van der Waals surface area contributed by atoms with Gasteiger partial charge in [0.05, 0.1) is 11.6 Å². The summed E-state index contributed by atoms with van der Waals surface area (Å²) < 4.78 is 13.8. The van der Waals surface area contributed by atoms with Gasteiger partial charge in [-0.1, -0.05) is 26.7 Å². The van der Waals surface area contributed by atoms with Gasteiger partial charge in [0.1, 0.15) is 5.82 Å². The second-order valence-electron chi connectivity index (χ2n) is 6.60. The Kier molecular flexibility index (Phi) is 5.22. The first-order valence-electron chi connectivity index (χ1n) is 7.98. The summed E-state index contributed by atoms with van der Waals surface area (Å²) in [6.45, 7) is 6.37. The van der Waals surface area contributed by atoms with Gasteiger partial charge in [-0.3, -0.25) is 0 Å². The first-order chi connectivity index (χ1) is 10.0. The maximum absolute atomic E-state index is 13.8. The lowest BCUT2D eigenvalue weighted by atomic mass is 9.89. The Morgan fingerprint density at radius 1 is 1.24 bits per heavy atom. The number of anilines is 1. The van der Waals surface area contributed by atoms with Crippen LogP contribution in [0, 0.1) is 35.9 Å². The van der Waals surface area contributed by atoms with E-state index in [9.17, 15) is 4.39 Å². The van der Waals surface area contributed by atoms with Gasteiger partial charge in [-0.25, -0.2) is 4.39 Å². The standard InChI is InChI=1S/C18H25FN2/c1-12(2)15-5-4-6-16(8-7-15)21-18-10-14(11-20)9-17(19)13(18)3/h9-10,12,15-16,21H,4-8H2,1-3H3. The fourth-order valence-corrected chi connectivity index (χ4v) is 3.25. The normalized spacial score (nSPS) is 22.7. The van der Waals surface area contributed by atoms with Crippen LogP contribution in [0.25, 0.3) is 0 Å². The fraction of sp³-hybridized carbons (Fsp3) is 0.611. The molecule has 1 aliphatic carbocycles. The van der Waals surface area contributed by atoms with Crippen molar-refractivity contribution in [2.24, 2.45) is 11.8 Å². The smallest absolute Gasteiger partial charge is 0.129 e. The minimum atomic E-state index is -0.301. The van der Waals surface area contributed by atoms with E-state index in [0.717, 1.165) is 30.4 Å². The van der Waals surface area contributed by atoms with Gasteiger partial charge in [0.25, 0.3) is 0 Å². The number of hydrogen-bond acceptors (Lipinski definition) is 2. The fourth-order valence-electron chi connectivity index (χ4n) is 3.25. The van der Waals surface area contributed by atoms with Crippen LogP contribution in [0.4, 0.5) is 10.1 Å². The van der Waals surface area contributed by atoms with Gasteiger partial charge in [0.15, 0.2) is 0 Å². The van der Waals surface area contributed by atoms with E-state index in [0.29, 0.717) is 17.2 Å². The summed E-state index contributed by atoms with van der Waals surface area (Å²) in [6.07, 6.45) is 6.00. The minimum absolute atomic E-state index is 0.301. The highest BCUT2D eigenvalue weighted by Crippen LogP contribution is 2.31. The summed E-state index contributed by atoms with van der Waals surface area (Å²) in [5, 5.41) is 12.5. The van der Waals surface area contributed by atoms with Crippen molar-refractivity contribution in [1.82, 2.24) is 0 Å². The van der Waals surface area contributed by atoms with Crippen LogP contribution in [0.2, 0.25) is 0 Å². The van der Waals surface area contributed by atoms with E-state index < -0.39 is 0 Å². The van der Waals surface area contributed by atoms with Gasteiger partial charge in [0.2, 0.25) is 0 Å². The third-order valence-electron chi connectivity index (χ3n) is 4.79. The average molecular weight is 288 g/mol. The van der Waals surface area contributed by atoms with Crippen molar-refractivity contribution in [2.45, 2.75) is 58.9 Å². The number of hydrogen-bond donors (Lipinski definition) is 1. The van der Waals surface area contributed by atoms with Crippen LogP contribution in [-0.4, -0.2) is 6.04 Å². The van der Waals surface area contributed by atoms with Crippen molar-refractivity contribution in [3.8, 4) is 6.07 Å². The van der Waals surface area contributed by atoms with Crippen LogP contribution in [0.15, 0.2) is 12.1 Å². The lowest BCUT2D eigenvalue weighted by molar-refractivity contribution is 0.341. The zero-order chi connectivity index (χ0) is 15.4. The lowest BCUT2D eigenvalue weighted by Crippen LogP contribution is -2.19. The molecule has 3 heteroatoms. The largest absolute Gasteiger partial charge is 0.382 e. The molecule has 2 unspecified atom stereocenters. The van der Waals surface area contributed by atoms with Crippen LogP contribution in [0.5, 0.6) is 0 Å². The van der Waals surface area contributed by atoms with Crippen LogP contribution in [-0.2, 0) is 0 Å². The molecule has 1 fully saturated rings. The van der Waals surface area contributed by atoms with E-state index in [1.165, 1.54) is 25.3 Å². The molecule has 0 amide bonds. The lowest BCUT2D eigenvalue weighted by Gasteiger charge is -2.21. The molecule has 2 atom stereocenters. The number of nitrogens with zero attached hydrogens (tertiary/aromatic N) is 1. The van der Waals surface area contributed by atoms with Crippen molar-refractivity contribution < 1.29 is 4.39 Å². The Balaban J connectivity index is 2.08. The van der Waals surface area contributed by atoms with Gasteiger partial charge in [-0.15, -0.1) is 0 Å². The van der Waals surface area contributed by atoms with Crippen LogP contribution >= 0.6 is 0 Å². The monoisotopic (exact) mass is 288 g/mol. The Morgan fingerprint density at radius 3 is 2.67 bits per heavy atom. The summed E-state index contributed by atoms with van der Waals surface area (Å²) >= 11 is 0. The average Bonchev–Trinajstić information content (AvgIpc) is 2.69. The molecule has 114 valence electrons. The predicted octanol–water partition coefficient (Wildman–Crippen LogP) is 5.02. The van der Waals surface area contributed by atoms with Crippen molar-refractivity contribution in [2.75, 3.05) is 5.32 Å². The summed E-state index contributed by atoms with van der Waals surface area (Å²) in [7, 11) is 0. The summed E-state index contributed by atoms with van der Waals surface area (Å²) in [5.74, 6) is 1.25. The SMILES string of the molecule is Cc1c(F)cc(C#N)cc1NC1CCCC(C(C)C)CC1. The van der Waals surface area contributed by atoms with Gasteiger partial charge in [0, 0.05) is 17.3 Å². The quantitative estimate of drug-likeness (QED) is 0.792. The molecule has 1 aliphatic rings. The minimum Gasteiger partial charge on any atom is -0.382 e. The van der Waals surface area contributed by atoms with E-state index in [1.54, 1.807) is 13.0 Å². The van der Waals surface area contributed by atoms with Crippen molar-refractivity contribution in [3.05, 3.63) is 29.1 Å². The zero-order valence-electron chi connectivity index (χ0n) is 13.2. The molecule has 0 aliphatic heterocycles.